The minimum Gasteiger partial charge on any atom is -0.463 e. The van der Waals surface area contributed by atoms with Gasteiger partial charge in [-0.1, -0.05) is 49.7 Å². The van der Waals surface area contributed by atoms with Gasteiger partial charge in [0.25, 0.3) is 0 Å². The van der Waals surface area contributed by atoms with Gasteiger partial charge in [-0.25, -0.2) is 0 Å². The molecule has 1 aliphatic heterocycles. The molecule has 4 rings (SSSR count). The number of hydrogen-bond donors (Lipinski definition) is 1. The molecule has 0 saturated carbocycles. The molecular weight excluding hydrogens is 416 g/mol. The lowest BCUT2D eigenvalue weighted by Gasteiger charge is -2.28. The largest absolute Gasteiger partial charge is 0.463 e. The number of aromatic nitrogens is 3. The Hall–Kier alpha value is -3.52. The van der Waals surface area contributed by atoms with Crippen LogP contribution >= 0.6 is 0 Å². The molecule has 0 atom stereocenters. The molecule has 8 heteroatoms. The molecule has 3 aromatic rings. The van der Waals surface area contributed by atoms with Crippen molar-refractivity contribution < 1.29 is 9.47 Å². The average Bonchev–Trinajstić information content (AvgIpc) is 2.88. The highest BCUT2D eigenvalue weighted by molar-refractivity contribution is 5.80. The Morgan fingerprint density at radius 1 is 1.09 bits per heavy atom. The molecule has 3 heterocycles. The van der Waals surface area contributed by atoms with Crippen molar-refractivity contribution in [3.05, 3.63) is 71.5 Å². The highest BCUT2D eigenvalue weighted by Crippen LogP contribution is 2.20. The van der Waals surface area contributed by atoms with Crippen LogP contribution in [0.25, 0.3) is 0 Å². The molecule has 1 N–H and O–H groups in total. The molecule has 0 spiro atoms. The van der Waals surface area contributed by atoms with E-state index in [1.165, 1.54) is 5.56 Å². The first-order valence-electron chi connectivity index (χ1n) is 11.4. The van der Waals surface area contributed by atoms with Gasteiger partial charge in [-0.3, -0.25) is 10.4 Å². The topological polar surface area (TPSA) is 84.8 Å². The van der Waals surface area contributed by atoms with E-state index in [0.717, 1.165) is 30.2 Å². The number of benzene rings is 1. The lowest BCUT2D eigenvalue weighted by atomic mass is 10.2. The van der Waals surface area contributed by atoms with Gasteiger partial charge in [0.05, 0.1) is 26.0 Å². The molecule has 33 heavy (non-hydrogen) atoms. The fourth-order valence-corrected chi connectivity index (χ4v) is 3.11. The van der Waals surface area contributed by atoms with Gasteiger partial charge in [0, 0.05) is 37.5 Å². The number of rotatable bonds is 8. The van der Waals surface area contributed by atoms with E-state index in [1.54, 1.807) is 12.4 Å². The van der Waals surface area contributed by atoms with Gasteiger partial charge in [0.1, 0.15) is 5.82 Å². The van der Waals surface area contributed by atoms with Crippen LogP contribution in [-0.2, 0) is 11.2 Å². The quantitative estimate of drug-likeness (QED) is 0.410. The van der Waals surface area contributed by atoms with E-state index in [1.807, 2.05) is 50.2 Å². The number of hydrazone groups is 1. The fraction of sp³-hybridized carbons (Fsp3) is 0.360. The van der Waals surface area contributed by atoms with Crippen LogP contribution in [-0.4, -0.2) is 54.1 Å². The van der Waals surface area contributed by atoms with Crippen molar-refractivity contribution in [2.75, 3.05) is 43.2 Å². The molecule has 1 aliphatic rings. The first-order valence-corrected chi connectivity index (χ1v) is 11.4. The van der Waals surface area contributed by atoms with Gasteiger partial charge >= 0.3 is 6.01 Å². The van der Waals surface area contributed by atoms with Gasteiger partial charge in [0.2, 0.25) is 0 Å². The van der Waals surface area contributed by atoms with E-state index >= 15 is 0 Å². The van der Waals surface area contributed by atoms with Crippen LogP contribution < -0.4 is 15.1 Å². The van der Waals surface area contributed by atoms with Gasteiger partial charge < -0.3 is 14.4 Å². The van der Waals surface area contributed by atoms with Crippen molar-refractivity contribution in [1.29, 1.82) is 0 Å². The average molecular weight is 449 g/mol. The third-order valence-electron chi connectivity index (χ3n) is 4.81. The van der Waals surface area contributed by atoms with Crippen molar-refractivity contribution in [3.63, 3.8) is 0 Å². The smallest absolute Gasteiger partial charge is 0.320 e. The molecule has 174 valence electrons. The lowest BCUT2D eigenvalue weighted by molar-refractivity contribution is 0.122. The van der Waals surface area contributed by atoms with Crippen LogP contribution in [0.2, 0.25) is 0 Å². The number of nitrogens with zero attached hydrogens (tertiary/aromatic N) is 5. The zero-order chi connectivity index (χ0) is 23.3. The Morgan fingerprint density at radius 3 is 2.61 bits per heavy atom. The number of ether oxygens (including phenoxy) is 2. The van der Waals surface area contributed by atoms with Crippen LogP contribution in [0.1, 0.15) is 30.7 Å². The summed E-state index contributed by atoms with van der Waals surface area (Å²) in [6, 6.07) is 16.2. The molecule has 0 bridgehead atoms. The van der Waals surface area contributed by atoms with Crippen molar-refractivity contribution in [2.24, 2.45) is 5.10 Å². The van der Waals surface area contributed by atoms with Gasteiger partial charge in [-0.15, -0.1) is 0 Å². The SMILES string of the molecule is CC.Cc1ccc(/C=N/Nc2cc(N3CCOCC3)nc(OCCc3ccccn3)n2)cc1. The zero-order valence-electron chi connectivity index (χ0n) is 19.6. The van der Waals surface area contributed by atoms with Crippen LogP contribution in [0.15, 0.2) is 59.8 Å². The maximum absolute atomic E-state index is 5.85. The Bertz CT molecular complexity index is 990. The summed E-state index contributed by atoms with van der Waals surface area (Å²) in [4.78, 5) is 15.5. The van der Waals surface area contributed by atoms with E-state index in [9.17, 15) is 0 Å². The zero-order valence-corrected chi connectivity index (χ0v) is 19.6. The fourth-order valence-electron chi connectivity index (χ4n) is 3.11. The van der Waals surface area contributed by atoms with Crippen molar-refractivity contribution in [3.8, 4) is 6.01 Å². The monoisotopic (exact) mass is 448 g/mol. The normalized spacial score (nSPS) is 13.4. The molecule has 1 fully saturated rings. The maximum atomic E-state index is 5.85. The van der Waals surface area contributed by atoms with Crippen LogP contribution in [0, 0.1) is 6.92 Å². The Labute approximate surface area is 195 Å². The van der Waals surface area contributed by atoms with Gasteiger partial charge in [-0.05, 0) is 24.6 Å². The highest BCUT2D eigenvalue weighted by Gasteiger charge is 2.15. The summed E-state index contributed by atoms with van der Waals surface area (Å²) in [5.41, 5.74) is 6.19. The Morgan fingerprint density at radius 2 is 1.88 bits per heavy atom. The minimum absolute atomic E-state index is 0.313. The van der Waals surface area contributed by atoms with Crippen LogP contribution in [0.4, 0.5) is 11.6 Å². The molecule has 2 aromatic heterocycles. The standard InChI is InChI=1S/C23H26N6O2.C2H6/c1-18-5-7-19(8-6-18)17-25-28-21-16-22(29-11-14-30-15-12-29)27-23(26-21)31-13-9-20-4-2-3-10-24-20;1-2/h2-8,10,16-17H,9,11-15H2,1H3,(H,26,27,28);1-2H3/b25-17+;. The summed E-state index contributed by atoms with van der Waals surface area (Å²) in [5, 5.41) is 4.32. The first-order chi connectivity index (χ1) is 16.3. The predicted molar refractivity (Wildman–Crippen MR) is 132 cm³/mol. The van der Waals surface area contributed by atoms with E-state index in [4.69, 9.17) is 9.47 Å². The second-order valence-corrected chi connectivity index (χ2v) is 7.19. The summed E-state index contributed by atoms with van der Waals surface area (Å²) in [5.74, 6) is 1.37. The Balaban J connectivity index is 0.00000149. The third-order valence-corrected chi connectivity index (χ3v) is 4.81. The van der Waals surface area contributed by atoms with Gasteiger partial charge in [-0.2, -0.15) is 15.1 Å². The molecule has 0 radical (unpaired) electrons. The number of morpholine rings is 1. The number of nitrogens with one attached hydrogen (secondary N) is 1. The second kappa shape index (κ2) is 13.1. The second-order valence-electron chi connectivity index (χ2n) is 7.19. The molecule has 1 saturated heterocycles. The summed E-state index contributed by atoms with van der Waals surface area (Å²) in [6.45, 7) is 9.40. The van der Waals surface area contributed by atoms with Crippen molar-refractivity contribution in [1.82, 2.24) is 15.0 Å². The Kier molecular flexibility index (Phi) is 9.60. The van der Waals surface area contributed by atoms with E-state index in [-0.39, 0.29) is 0 Å². The van der Waals surface area contributed by atoms with Gasteiger partial charge in [0.15, 0.2) is 5.82 Å². The predicted octanol–water partition coefficient (Wildman–Crippen LogP) is 4.11. The van der Waals surface area contributed by atoms with Crippen molar-refractivity contribution >= 4 is 17.9 Å². The highest BCUT2D eigenvalue weighted by atomic mass is 16.5. The molecular formula is C25H32N6O2. The summed E-state index contributed by atoms with van der Waals surface area (Å²) in [7, 11) is 0. The number of pyridine rings is 1. The summed E-state index contributed by atoms with van der Waals surface area (Å²) in [6.07, 6.45) is 4.22. The molecule has 0 amide bonds. The van der Waals surface area contributed by atoms with E-state index < -0.39 is 0 Å². The van der Waals surface area contributed by atoms with E-state index in [0.29, 0.717) is 38.1 Å². The lowest BCUT2D eigenvalue weighted by Crippen LogP contribution is -2.36. The van der Waals surface area contributed by atoms with Crippen LogP contribution in [0.3, 0.4) is 0 Å². The number of anilines is 2. The van der Waals surface area contributed by atoms with E-state index in [2.05, 4.69) is 49.4 Å². The van der Waals surface area contributed by atoms with Crippen molar-refractivity contribution in [2.45, 2.75) is 27.2 Å². The molecule has 8 nitrogen and oxygen atoms in total. The molecule has 1 aromatic carbocycles. The maximum Gasteiger partial charge on any atom is 0.320 e. The summed E-state index contributed by atoms with van der Waals surface area (Å²) >= 11 is 0. The third kappa shape index (κ3) is 7.84. The van der Waals surface area contributed by atoms with Crippen LogP contribution in [0.5, 0.6) is 6.01 Å². The molecule has 0 aliphatic carbocycles. The first kappa shape index (κ1) is 24.1. The number of aryl methyl sites for hydroxylation is 1. The minimum atomic E-state index is 0.313. The summed E-state index contributed by atoms with van der Waals surface area (Å²) < 4.78 is 11.3. The number of hydrogen-bond acceptors (Lipinski definition) is 8. The molecule has 0 unspecified atom stereocenters.